The minimum atomic E-state index is 0.0463. The molecule has 0 aliphatic rings. The molecule has 0 aliphatic carbocycles. The topological polar surface area (TPSA) is 86.8 Å². The summed E-state index contributed by atoms with van der Waals surface area (Å²) in [6.45, 7) is 2.71. The van der Waals surface area contributed by atoms with Crippen LogP contribution in [0.4, 0.5) is 0 Å². The van der Waals surface area contributed by atoms with Gasteiger partial charge in [0.25, 0.3) is 0 Å². The van der Waals surface area contributed by atoms with Crippen molar-refractivity contribution in [2.24, 2.45) is 10.9 Å². The van der Waals surface area contributed by atoms with Crippen LogP contribution in [0.25, 0.3) is 0 Å². The number of nitrogens with zero attached hydrogens (tertiary/aromatic N) is 3. The molecular formula is C13H23N5O. The quantitative estimate of drug-likeness (QED) is 0.211. The SMILES string of the molecule is CN(C)CCCCNCc1cccnc1C(N)=NO. The highest BCUT2D eigenvalue weighted by atomic mass is 16.4. The van der Waals surface area contributed by atoms with E-state index in [0.717, 1.165) is 25.1 Å². The van der Waals surface area contributed by atoms with Crippen LogP contribution in [-0.2, 0) is 6.54 Å². The van der Waals surface area contributed by atoms with Gasteiger partial charge in [0, 0.05) is 12.7 Å². The van der Waals surface area contributed by atoms with E-state index in [9.17, 15) is 0 Å². The predicted octanol–water partition coefficient (Wildman–Crippen LogP) is 0.608. The highest BCUT2D eigenvalue weighted by molar-refractivity contribution is 5.96. The van der Waals surface area contributed by atoms with Gasteiger partial charge in [-0.1, -0.05) is 11.2 Å². The lowest BCUT2D eigenvalue weighted by atomic mass is 10.1. The van der Waals surface area contributed by atoms with Gasteiger partial charge in [0.05, 0.1) is 0 Å². The Hall–Kier alpha value is -1.66. The number of unbranched alkanes of at least 4 members (excludes halogenated alkanes) is 1. The Bertz CT molecular complexity index is 406. The third-order valence-corrected chi connectivity index (χ3v) is 2.77. The molecule has 106 valence electrons. The minimum absolute atomic E-state index is 0.0463. The second-order valence-electron chi connectivity index (χ2n) is 4.68. The summed E-state index contributed by atoms with van der Waals surface area (Å²) in [4.78, 5) is 6.30. The standard InChI is InChI=1S/C13H23N5O/c1-18(2)9-4-3-7-15-10-11-6-5-8-16-12(11)13(14)17-19/h5-6,8,15,19H,3-4,7,9-10H2,1-2H3,(H2,14,17). The molecule has 0 spiro atoms. The van der Waals surface area contributed by atoms with E-state index in [1.165, 1.54) is 6.42 Å². The third-order valence-electron chi connectivity index (χ3n) is 2.77. The van der Waals surface area contributed by atoms with Gasteiger partial charge in [-0.25, -0.2) is 0 Å². The Balaban J connectivity index is 2.37. The van der Waals surface area contributed by atoms with E-state index < -0.39 is 0 Å². The molecule has 1 aromatic heterocycles. The van der Waals surface area contributed by atoms with Crippen LogP contribution in [-0.4, -0.2) is 48.1 Å². The van der Waals surface area contributed by atoms with Gasteiger partial charge in [-0.15, -0.1) is 0 Å². The van der Waals surface area contributed by atoms with Gasteiger partial charge >= 0.3 is 0 Å². The summed E-state index contributed by atoms with van der Waals surface area (Å²) in [5, 5.41) is 15.0. The van der Waals surface area contributed by atoms with E-state index in [1.807, 2.05) is 12.1 Å². The number of hydrogen-bond acceptors (Lipinski definition) is 5. The van der Waals surface area contributed by atoms with Crippen LogP contribution in [0, 0.1) is 0 Å². The van der Waals surface area contributed by atoms with Gasteiger partial charge in [-0.2, -0.15) is 0 Å². The Morgan fingerprint density at radius 2 is 2.26 bits per heavy atom. The molecular weight excluding hydrogens is 242 g/mol. The van der Waals surface area contributed by atoms with Gasteiger partial charge in [-0.3, -0.25) is 4.98 Å². The fraction of sp³-hybridized carbons (Fsp3) is 0.538. The van der Waals surface area contributed by atoms with Crippen molar-refractivity contribution in [2.45, 2.75) is 19.4 Å². The first-order valence-electron chi connectivity index (χ1n) is 6.42. The average Bonchev–Trinajstić information content (AvgIpc) is 2.42. The molecule has 0 aliphatic heterocycles. The van der Waals surface area contributed by atoms with E-state index in [-0.39, 0.29) is 5.84 Å². The van der Waals surface area contributed by atoms with Crippen molar-refractivity contribution in [3.8, 4) is 0 Å². The van der Waals surface area contributed by atoms with Crippen LogP contribution < -0.4 is 11.1 Å². The number of hydrogen-bond donors (Lipinski definition) is 3. The second-order valence-corrected chi connectivity index (χ2v) is 4.68. The highest BCUT2D eigenvalue weighted by Crippen LogP contribution is 2.04. The Morgan fingerprint density at radius 1 is 1.47 bits per heavy atom. The Kier molecular flexibility index (Phi) is 6.84. The number of nitrogens with two attached hydrogens (primary N) is 1. The van der Waals surface area contributed by atoms with Crippen molar-refractivity contribution >= 4 is 5.84 Å². The zero-order chi connectivity index (χ0) is 14.1. The largest absolute Gasteiger partial charge is 0.409 e. The average molecular weight is 265 g/mol. The number of oxime groups is 1. The molecule has 19 heavy (non-hydrogen) atoms. The van der Waals surface area contributed by atoms with Crippen molar-refractivity contribution in [1.29, 1.82) is 0 Å². The lowest BCUT2D eigenvalue weighted by molar-refractivity contribution is 0.318. The highest BCUT2D eigenvalue weighted by Gasteiger charge is 2.07. The fourth-order valence-corrected chi connectivity index (χ4v) is 1.76. The van der Waals surface area contributed by atoms with Crippen LogP contribution >= 0.6 is 0 Å². The van der Waals surface area contributed by atoms with E-state index in [2.05, 4.69) is 34.5 Å². The van der Waals surface area contributed by atoms with Crippen LogP contribution in [0.2, 0.25) is 0 Å². The third kappa shape index (κ3) is 5.67. The lowest BCUT2D eigenvalue weighted by Crippen LogP contribution is -2.22. The van der Waals surface area contributed by atoms with Crippen LogP contribution in [0.1, 0.15) is 24.1 Å². The lowest BCUT2D eigenvalue weighted by Gasteiger charge is -2.10. The molecule has 0 aromatic carbocycles. The molecule has 1 heterocycles. The maximum absolute atomic E-state index is 8.70. The number of aromatic nitrogens is 1. The van der Waals surface area contributed by atoms with Crippen LogP contribution in [0.5, 0.6) is 0 Å². The van der Waals surface area contributed by atoms with Gasteiger partial charge < -0.3 is 21.2 Å². The summed E-state index contributed by atoms with van der Waals surface area (Å²) in [5.74, 6) is 0.0463. The molecule has 0 unspecified atom stereocenters. The number of amidine groups is 1. The van der Waals surface area contributed by atoms with Gasteiger partial charge in [0.1, 0.15) is 5.69 Å². The Morgan fingerprint density at radius 3 is 2.95 bits per heavy atom. The van der Waals surface area contributed by atoms with Gasteiger partial charge in [0.15, 0.2) is 5.84 Å². The summed E-state index contributed by atoms with van der Waals surface area (Å²) < 4.78 is 0. The van der Waals surface area contributed by atoms with E-state index >= 15 is 0 Å². The maximum Gasteiger partial charge on any atom is 0.189 e. The summed E-state index contributed by atoms with van der Waals surface area (Å²) in [6.07, 6.45) is 3.92. The Labute approximate surface area is 114 Å². The van der Waals surface area contributed by atoms with E-state index in [1.54, 1.807) is 6.20 Å². The molecule has 0 fully saturated rings. The van der Waals surface area contributed by atoms with Gasteiger partial charge in [-0.05, 0) is 51.7 Å². The van der Waals surface area contributed by atoms with Gasteiger partial charge in [0.2, 0.25) is 0 Å². The predicted molar refractivity (Wildman–Crippen MR) is 76.2 cm³/mol. The molecule has 0 radical (unpaired) electrons. The maximum atomic E-state index is 8.70. The molecule has 1 aromatic rings. The molecule has 6 heteroatoms. The van der Waals surface area contributed by atoms with Crippen LogP contribution in [0.15, 0.2) is 23.5 Å². The molecule has 0 atom stereocenters. The molecule has 0 saturated heterocycles. The first kappa shape index (κ1) is 15.4. The molecule has 4 N–H and O–H groups in total. The van der Waals surface area contributed by atoms with Crippen molar-refractivity contribution in [1.82, 2.24) is 15.2 Å². The summed E-state index contributed by atoms with van der Waals surface area (Å²) in [6, 6.07) is 3.77. The van der Waals surface area contributed by atoms with E-state index in [0.29, 0.717) is 12.2 Å². The number of nitrogens with one attached hydrogen (secondary N) is 1. The van der Waals surface area contributed by atoms with Crippen molar-refractivity contribution in [3.63, 3.8) is 0 Å². The number of rotatable bonds is 8. The minimum Gasteiger partial charge on any atom is -0.409 e. The monoisotopic (exact) mass is 265 g/mol. The normalized spacial score (nSPS) is 12.1. The zero-order valence-electron chi connectivity index (χ0n) is 11.6. The molecule has 0 amide bonds. The molecule has 1 rings (SSSR count). The summed E-state index contributed by atoms with van der Waals surface area (Å²) in [7, 11) is 4.15. The van der Waals surface area contributed by atoms with E-state index in [4.69, 9.17) is 10.9 Å². The molecule has 0 saturated carbocycles. The zero-order valence-corrected chi connectivity index (χ0v) is 11.6. The van der Waals surface area contributed by atoms with Crippen molar-refractivity contribution in [3.05, 3.63) is 29.6 Å². The summed E-state index contributed by atoms with van der Waals surface area (Å²) >= 11 is 0. The van der Waals surface area contributed by atoms with Crippen LogP contribution in [0.3, 0.4) is 0 Å². The second kappa shape index (κ2) is 8.44. The first-order chi connectivity index (χ1) is 9.15. The fourth-order valence-electron chi connectivity index (χ4n) is 1.76. The van der Waals surface area contributed by atoms with Crippen molar-refractivity contribution < 1.29 is 5.21 Å². The number of pyridine rings is 1. The molecule has 0 bridgehead atoms. The smallest absolute Gasteiger partial charge is 0.189 e. The first-order valence-corrected chi connectivity index (χ1v) is 6.42. The molecule has 6 nitrogen and oxygen atoms in total. The summed E-state index contributed by atoms with van der Waals surface area (Å²) in [5.41, 5.74) is 7.05. The van der Waals surface area contributed by atoms with Crippen molar-refractivity contribution in [2.75, 3.05) is 27.2 Å².